The van der Waals surface area contributed by atoms with Crippen LogP contribution in [0.4, 0.5) is 0 Å². The van der Waals surface area contributed by atoms with Crippen molar-refractivity contribution in [2.45, 2.75) is 25.9 Å². The number of nitrogens with one attached hydrogen (secondary N) is 1. The van der Waals surface area contributed by atoms with Gasteiger partial charge >= 0.3 is 0 Å². The maximum Gasteiger partial charge on any atom is 0.263 e. The molecule has 1 aromatic heterocycles. The Hall–Kier alpha value is -0.980. The van der Waals surface area contributed by atoms with Gasteiger partial charge in [0.15, 0.2) is 0 Å². The molecule has 1 saturated heterocycles. The molecule has 1 amide bonds. The highest BCUT2D eigenvalue weighted by molar-refractivity contribution is 7.13. The monoisotopic (exact) mass is 256 g/mol. The second-order valence-corrected chi connectivity index (χ2v) is 5.56. The smallest absolute Gasteiger partial charge is 0.263 e. The summed E-state index contributed by atoms with van der Waals surface area (Å²) in [5, 5.41) is 13.6. The Morgan fingerprint density at radius 1 is 1.65 bits per heavy atom. The second kappa shape index (κ2) is 4.72. The van der Waals surface area contributed by atoms with Crippen molar-refractivity contribution in [3.63, 3.8) is 0 Å². The van der Waals surface area contributed by atoms with Gasteiger partial charge in [0, 0.05) is 19.6 Å². The Balaban J connectivity index is 1.95. The van der Waals surface area contributed by atoms with Crippen LogP contribution in [0.25, 0.3) is 0 Å². The molecule has 5 nitrogen and oxygen atoms in total. The molecule has 0 aliphatic carbocycles. The van der Waals surface area contributed by atoms with Crippen LogP contribution in [-0.2, 0) is 4.74 Å². The number of thiazole rings is 1. The quantitative estimate of drug-likeness (QED) is 0.832. The van der Waals surface area contributed by atoms with Gasteiger partial charge in [0.05, 0.1) is 17.3 Å². The molecular weight excluding hydrogens is 240 g/mol. The van der Waals surface area contributed by atoms with Crippen molar-refractivity contribution in [3.05, 3.63) is 15.6 Å². The summed E-state index contributed by atoms with van der Waals surface area (Å²) in [4.78, 5) is 16.7. The van der Waals surface area contributed by atoms with Gasteiger partial charge in [-0.15, -0.1) is 11.3 Å². The molecule has 0 radical (unpaired) electrons. The third-order valence-electron chi connectivity index (χ3n) is 2.77. The zero-order chi connectivity index (χ0) is 12.5. The van der Waals surface area contributed by atoms with Gasteiger partial charge in [0.25, 0.3) is 5.91 Å². The topological polar surface area (TPSA) is 71.5 Å². The molecule has 0 spiro atoms. The molecule has 1 aliphatic heterocycles. The van der Waals surface area contributed by atoms with E-state index in [9.17, 15) is 9.90 Å². The van der Waals surface area contributed by atoms with E-state index in [-0.39, 0.29) is 19.1 Å². The lowest BCUT2D eigenvalue weighted by Gasteiger charge is -2.20. The number of aryl methyl sites for hydroxylation is 2. The summed E-state index contributed by atoms with van der Waals surface area (Å²) in [6.07, 6.45) is 0.563. The lowest BCUT2D eigenvalue weighted by Crippen LogP contribution is -2.43. The molecule has 17 heavy (non-hydrogen) atoms. The molecule has 1 aliphatic rings. The van der Waals surface area contributed by atoms with Gasteiger partial charge in [-0.1, -0.05) is 0 Å². The predicted molar refractivity (Wildman–Crippen MR) is 64.3 cm³/mol. The van der Waals surface area contributed by atoms with Crippen molar-refractivity contribution >= 4 is 17.2 Å². The molecule has 0 bridgehead atoms. The summed E-state index contributed by atoms with van der Waals surface area (Å²) >= 11 is 1.37. The van der Waals surface area contributed by atoms with Crippen molar-refractivity contribution in [1.82, 2.24) is 10.3 Å². The molecule has 1 atom stereocenters. The van der Waals surface area contributed by atoms with Gasteiger partial charge in [-0.2, -0.15) is 0 Å². The molecule has 0 aromatic carbocycles. The fraction of sp³-hybridized carbons (Fsp3) is 0.636. The van der Waals surface area contributed by atoms with Gasteiger partial charge in [-0.25, -0.2) is 4.98 Å². The minimum atomic E-state index is -0.913. The van der Waals surface area contributed by atoms with Crippen molar-refractivity contribution < 1.29 is 14.6 Å². The van der Waals surface area contributed by atoms with Crippen LogP contribution in [0.1, 0.15) is 26.8 Å². The summed E-state index contributed by atoms with van der Waals surface area (Å²) < 4.78 is 5.11. The average Bonchev–Trinajstić information content (AvgIpc) is 2.83. The first-order valence-electron chi connectivity index (χ1n) is 5.52. The van der Waals surface area contributed by atoms with Gasteiger partial charge < -0.3 is 15.2 Å². The number of carbonyl (C=O) groups is 1. The minimum absolute atomic E-state index is 0.173. The van der Waals surface area contributed by atoms with E-state index >= 15 is 0 Å². The summed E-state index contributed by atoms with van der Waals surface area (Å²) in [6, 6.07) is 0. The number of nitrogens with zero attached hydrogens (tertiary/aromatic N) is 1. The zero-order valence-electron chi connectivity index (χ0n) is 9.95. The van der Waals surface area contributed by atoms with Crippen molar-refractivity contribution in [3.8, 4) is 0 Å². The summed E-state index contributed by atoms with van der Waals surface area (Å²) in [5.41, 5.74) is -0.178. The van der Waals surface area contributed by atoms with Crippen LogP contribution < -0.4 is 5.32 Å². The first-order chi connectivity index (χ1) is 8.00. The maximum atomic E-state index is 11.9. The molecule has 2 heterocycles. The second-order valence-electron chi connectivity index (χ2n) is 4.36. The van der Waals surface area contributed by atoms with E-state index in [0.717, 1.165) is 10.7 Å². The number of amides is 1. The molecule has 1 unspecified atom stereocenters. The van der Waals surface area contributed by atoms with E-state index in [2.05, 4.69) is 10.3 Å². The Labute approximate surface area is 104 Å². The molecular formula is C11H16N2O3S. The average molecular weight is 256 g/mol. The Kier molecular flexibility index (Phi) is 3.46. The lowest BCUT2D eigenvalue weighted by molar-refractivity contribution is 0.0265. The van der Waals surface area contributed by atoms with E-state index in [1.807, 2.05) is 13.8 Å². The van der Waals surface area contributed by atoms with E-state index in [4.69, 9.17) is 4.74 Å². The highest BCUT2D eigenvalue weighted by Gasteiger charge is 2.32. The number of carbonyl (C=O) groups excluding carboxylic acids is 1. The maximum absolute atomic E-state index is 11.9. The highest BCUT2D eigenvalue weighted by atomic mass is 32.1. The first-order valence-corrected chi connectivity index (χ1v) is 6.34. The van der Waals surface area contributed by atoms with E-state index in [1.54, 1.807) is 0 Å². The number of aromatic nitrogens is 1. The van der Waals surface area contributed by atoms with Gasteiger partial charge in [-0.3, -0.25) is 4.79 Å². The number of rotatable bonds is 3. The highest BCUT2D eigenvalue weighted by Crippen LogP contribution is 2.19. The Morgan fingerprint density at radius 3 is 2.94 bits per heavy atom. The third kappa shape index (κ3) is 2.83. The molecule has 0 saturated carbocycles. The fourth-order valence-corrected chi connectivity index (χ4v) is 2.64. The summed E-state index contributed by atoms with van der Waals surface area (Å²) in [5.74, 6) is -0.173. The Morgan fingerprint density at radius 2 is 2.41 bits per heavy atom. The molecule has 1 aromatic rings. The van der Waals surface area contributed by atoms with E-state index < -0.39 is 5.60 Å². The summed E-state index contributed by atoms with van der Waals surface area (Å²) in [6.45, 7) is 4.74. The van der Waals surface area contributed by atoms with Crippen LogP contribution in [0.2, 0.25) is 0 Å². The third-order valence-corrected chi connectivity index (χ3v) is 3.84. The molecule has 2 rings (SSSR count). The molecule has 2 N–H and O–H groups in total. The molecule has 1 fully saturated rings. The Bertz CT molecular complexity index is 424. The largest absolute Gasteiger partial charge is 0.386 e. The number of hydrogen-bond donors (Lipinski definition) is 2. The van der Waals surface area contributed by atoms with Gasteiger partial charge in [-0.05, 0) is 13.8 Å². The minimum Gasteiger partial charge on any atom is -0.386 e. The van der Waals surface area contributed by atoms with Crippen LogP contribution in [-0.4, -0.2) is 41.4 Å². The van der Waals surface area contributed by atoms with Crippen LogP contribution >= 0.6 is 11.3 Å². The lowest BCUT2D eigenvalue weighted by atomic mass is 10.0. The van der Waals surface area contributed by atoms with E-state index in [1.165, 1.54) is 11.3 Å². The van der Waals surface area contributed by atoms with Crippen LogP contribution in [0.15, 0.2) is 0 Å². The van der Waals surface area contributed by atoms with Crippen molar-refractivity contribution in [1.29, 1.82) is 0 Å². The number of aliphatic hydroxyl groups is 1. The fourth-order valence-electron chi connectivity index (χ4n) is 1.80. The first kappa shape index (κ1) is 12.5. The van der Waals surface area contributed by atoms with Gasteiger partial charge in [0.1, 0.15) is 10.5 Å². The van der Waals surface area contributed by atoms with Crippen molar-refractivity contribution in [2.75, 3.05) is 19.8 Å². The zero-order valence-corrected chi connectivity index (χ0v) is 10.8. The van der Waals surface area contributed by atoms with Crippen LogP contribution in [0.5, 0.6) is 0 Å². The van der Waals surface area contributed by atoms with Gasteiger partial charge in [0.2, 0.25) is 0 Å². The summed E-state index contributed by atoms with van der Waals surface area (Å²) in [7, 11) is 0. The number of ether oxygens (including phenoxy) is 1. The van der Waals surface area contributed by atoms with Crippen LogP contribution in [0.3, 0.4) is 0 Å². The predicted octanol–water partition coefficient (Wildman–Crippen LogP) is 0.641. The van der Waals surface area contributed by atoms with E-state index in [0.29, 0.717) is 17.9 Å². The standard InChI is InChI=1S/C11H16N2O3S/c1-7-9(17-8(2)13-7)10(14)12-5-11(15)3-4-16-6-11/h15H,3-6H2,1-2H3,(H,12,14). The SMILES string of the molecule is Cc1nc(C)c(C(=O)NCC2(O)CCOC2)s1. The number of hydrogen-bond acceptors (Lipinski definition) is 5. The normalized spacial score (nSPS) is 23.9. The molecule has 6 heteroatoms. The molecule has 94 valence electrons. The van der Waals surface area contributed by atoms with Crippen LogP contribution in [0, 0.1) is 13.8 Å². The van der Waals surface area contributed by atoms with Crippen molar-refractivity contribution in [2.24, 2.45) is 0 Å².